The number of nitrogens with zero attached hydrogens (tertiary/aromatic N) is 1. The Morgan fingerprint density at radius 1 is 1.23 bits per heavy atom. The zero-order chi connectivity index (χ0) is 18.7. The molecule has 1 aliphatic heterocycles. The van der Waals surface area contributed by atoms with Crippen molar-refractivity contribution in [3.8, 4) is 0 Å². The first kappa shape index (κ1) is 19.1. The fourth-order valence-corrected chi connectivity index (χ4v) is 4.49. The van der Waals surface area contributed by atoms with E-state index in [-0.39, 0.29) is 17.4 Å². The van der Waals surface area contributed by atoms with Gasteiger partial charge in [0.15, 0.2) is 0 Å². The summed E-state index contributed by atoms with van der Waals surface area (Å²) < 4.78 is 0. The van der Waals surface area contributed by atoms with Gasteiger partial charge in [-0.25, -0.2) is 0 Å². The van der Waals surface area contributed by atoms with Crippen molar-refractivity contribution in [2.45, 2.75) is 52.0 Å². The highest BCUT2D eigenvalue weighted by molar-refractivity contribution is 7.10. The number of amides is 1. The smallest absolute Gasteiger partial charge is 0.237 e. The molecule has 0 spiro atoms. The lowest BCUT2D eigenvalue weighted by Gasteiger charge is -2.36. The lowest BCUT2D eigenvalue weighted by atomic mass is 9.85. The molecule has 0 unspecified atom stereocenters. The number of thiophene rings is 1. The molecule has 3 nitrogen and oxygen atoms in total. The third kappa shape index (κ3) is 4.02. The molecule has 0 bridgehead atoms. The normalized spacial score (nSPS) is 17.2. The highest BCUT2D eigenvalue weighted by atomic mass is 32.1. The number of hydrogen-bond acceptors (Lipinski definition) is 3. The third-order valence-electron chi connectivity index (χ3n) is 5.08. The van der Waals surface area contributed by atoms with Crippen LogP contribution >= 0.6 is 11.3 Å². The maximum absolute atomic E-state index is 12.9. The Morgan fingerprint density at radius 2 is 1.96 bits per heavy atom. The summed E-state index contributed by atoms with van der Waals surface area (Å²) in [5.41, 5.74) is 3.97. The first-order valence-electron chi connectivity index (χ1n) is 9.58. The summed E-state index contributed by atoms with van der Waals surface area (Å²) in [4.78, 5) is 16.4. The molecular weight excluding hydrogens is 340 g/mol. The fraction of sp³-hybridized carbons (Fsp3) is 0.500. The molecule has 1 aliphatic rings. The van der Waals surface area contributed by atoms with Crippen molar-refractivity contribution in [2.75, 3.05) is 19.6 Å². The number of benzene rings is 1. The Kier molecular flexibility index (Phi) is 5.83. The van der Waals surface area contributed by atoms with Crippen LogP contribution in [0.25, 0.3) is 0 Å². The average molecular weight is 371 g/mol. The van der Waals surface area contributed by atoms with Gasteiger partial charge in [0.1, 0.15) is 0 Å². The molecule has 140 valence electrons. The lowest BCUT2D eigenvalue weighted by Crippen LogP contribution is -2.44. The summed E-state index contributed by atoms with van der Waals surface area (Å²) >= 11 is 1.81. The van der Waals surface area contributed by atoms with E-state index in [1.165, 1.54) is 21.6 Å². The number of fused-ring (bicyclic) bond motifs is 1. The van der Waals surface area contributed by atoms with Gasteiger partial charge in [-0.05, 0) is 52.9 Å². The van der Waals surface area contributed by atoms with E-state index in [4.69, 9.17) is 0 Å². The Morgan fingerprint density at radius 3 is 2.62 bits per heavy atom. The van der Waals surface area contributed by atoms with Gasteiger partial charge in [0.2, 0.25) is 5.91 Å². The molecule has 1 amide bonds. The average Bonchev–Trinajstić information content (AvgIpc) is 3.09. The van der Waals surface area contributed by atoms with Crippen LogP contribution < -0.4 is 5.32 Å². The predicted molar refractivity (Wildman–Crippen MR) is 110 cm³/mol. The largest absolute Gasteiger partial charge is 0.330 e. The number of carbonyl (C=O) groups excluding carboxylic acids is 1. The van der Waals surface area contributed by atoms with E-state index < -0.39 is 0 Å². The molecule has 3 rings (SSSR count). The molecule has 0 saturated carbocycles. The third-order valence-corrected chi connectivity index (χ3v) is 6.08. The Labute approximate surface area is 161 Å². The van der Waals surface area contributed by atoms with Crippen LogP contribution in [0.2, 0.25) is 0 Å². The topological polar surface area (TPSA) is 32.3 Å². The molecule has 2 heterocycles. The molecule has 0 radical (unpaired) electrons. The van der Waals surface area contributed by atoms with Crippen molar-refractivity contribution >= 4 is 17.2 Å². The van der Waals surface area contributed by atoms with E-state index in [1.807, 2.05) is 11.3 Å². The minimum Gasteiger partial charge on any atom is -0.330 e. The van der Waals surface area contributed by atoms with Gasteiger partial charge in [-0.1, -0.05) is 52.0 Å². The molecule has 1 aromatic carbocycles. The SMILES string of the molecule is CCCNCC(=O)N1CCc2sccc2[C@H]1c1ccc(C(C)(C)C)cc1. The van der Waals surface area contributed by atoms with Crippen LogP contribution in [0.5, 0.6) is 0 Å². The first-order valence-corrected chi connectivity index (χ1v) is 10.5. The van der Waals surface area contributed by atoms with Gasteiger partial charge in [0.25, 0.3) is 0 Å². The van der Waals surface area contributed by atoms with Crippen LogP contribution in [0.1, 0.15) is 61.7 Å². The van der Waals surface area contributed by atoms with Crippen LogP contribution in [0.3, 0.4) is 0 Å². The molecule has 4 heteroatoms. The second-order valence-electron chi connectivity index (χ2n) is 8.09. The minimum atomic E-state index is 0.0370. The van der Waals surface area contributed by atoms with Crippen molar-refractivity contribution < 1.29 is 4.79 Å². The standard InChI is InChI=1S/C22H30N2OS/c1-5-12-23-15-20(25)24-13-10-19-18(11-14-26-19)21(24)16-6-8-17(9-7-16)22(2,3)4/h6-9,11,14,21,23H,5,10,12-13,15H2,1-4H3/t21-/m1/s1. The quantitative estimate of drug-likeness (QED) is 0.785. The molecule has 2 aromatic rings. The van der Waals surface area contributed by atoms with E-state index in [2.05, 4.69) is 73.6 Å². The highest BCUT2D eigenvalue weighted by Crippen LogP contribution is 2.38. The van der Waals surface area contributed by atoms with E-state index in [0.717, 1.165) is 25.9 Å². The highest BCUT2D eigenvalue weighted by Gasteiger charge is 2.32. The zero-order valence-corrected chi connectivity index (χ0v) is 17.2. The Balaban J connectivity index is 1.90. The second kappa shape index (κ2) is 7.93. The summed E-state index contributed by atoms with van der Waals surface area (Å²) in [6.07, 6.45) is 2.00. The lowest BCUT2D eigenvalue weighted by molar-refractivity contribution is -0.132. The summed E-state index contributed by atoms with van der Waals surface area (Å²) in [5.74, 6) is 0.195. The van der Waals surface area contributed by atoms with Crippen LogP contribution in [0, 0.1) is 0 Å². The number of carbonyl (C=O) groups is 1. The van der Waals surface area contributed by atoms with Crippen LogP contribution in [0.15, 0.2) is 35.7 Å². The molecule has 1 atom stereocenters. The molecule has 26 heavy (non-hydrogen) atoms. The minimum absolute atomic E-state index is 0.0370. The fourth-order valence-electron chi connectivity index (χ4n) is 3.58. The molecule has 0 saturated heterocycles. The van der Waals surface area contributed by atoms with Crippen LogP contribution in [-0.4, -0.2) is 30.4 Å². The maximum atomic E-state index is 12.9. The number of nitrogens with one attached hydrogen (secondary N) is 1. The second-order valence-corrected chi connectivity index (χ2v) is 9.09. The van der Waals surface area contributed by atoms with Gasteiger partial charge < -0.3 is 10.2 Å². The van der Waals surface area contributed by atoms with Gasteiger partial charge in [-0.2, -0.15) is 0 Å². The number of rotatable bonds is 5. The predicted octanol–water partition coefficient (Wildman–Crippen LogP) is 4.52. The van der Waals surface area contributed by atoms with Gasteiger partial charge >= 0.3 is 0 Å². The molecule has 1 aromatic heterocycles. The van der Waals surface area contributed by atoms with Crippen molar-refractivity contribution in [3.05, 3.63) is 57.3 Å². The summed E-state index contributed by atoms with van der Waals surface area (Å²) in [5, 5.41) is 5.42. The molecule has 0 aliphatic carbocycles. The van der Waals surface area contributed by atoms with Crippen molar-refractivity contribution in [1.82, 2.24) is 10.2 Å². The summed E-state index contributed by atoms with van der Waals surface area (Å²) in [7, 11) is 0. The van der Waals surface area contributed by atoms with E-state index in [1.54, 1.807) is 0 Å². The van der Waals surface area contributed by atoms with Crippen molar-refractivity contribution in [1.29, 1.82) is 0 Å². The van der Waals surface area contributed by atoms with Crippen LogP contribution in [-0.2, 0) is 16.6 Å². The van der Waals surface area contributed by atoms with Gasteiger partial charge in [-0.3, -0.25) is 4.79 Å². The van der Waals surface area contributed by atoms with E-state index >= 15 is 0 Å². The Hall–Kier alpha value is -1.65. The summed E-state index contributed by atoms with van der Waals surface area (Å²) in [6, 6.07) is 11.1. The van der Waals surface area contributed by atoms with Crippen LogP contribution in [0.4, 0.5) is 0 Å². The molecule has 1 N–H and O–H groups in total. The monoisotopic (exact) mass is 370 g/mol. The summed E-state index contributed by atoms with van der Waals surface area (Å²) in [6.45, 7) is 10.9. The van der Waals surface area contributed by atoms with Gasteiger partial charge in [0.05, 0.1) is 12.6 Å². The Bertz CT molecular complexity index is 742. The van der Waals surface area contributed by atoms with Gasteiger partial charge in [0, 0.05) is 11.4 Å². The maximum Gasteiger partial charge on any atom is 0.237 e. The molecular formula is C22H30N2OS. The van der Waals surface area contributed by atoms with Crippen molar-refractivity contribution in [2.24, 2.45) is 0 Å². The van der Waals surface area contributed by atoms with E-state index in [9.17, 15) is 4.79 Å². The first-order chi connectivity index (χ1) is 12.4. The van der Waals surface area contributed by atoms with Crippen molar-refractivity contribution in [3.63, 3.8) is 0 Å². The van der Waals surface area contributed by atoms with Gasteiger partial charge in [-0.15, -0.1) is 11.3 Å². The number of hydrogen-bond donors (Lipinski definition) is 1. The molecule has 0 fully saturated rings. The van der Waals surface area contributed by atoms with E-state index in [0.29, 0.717) is 6.54 Å². The zero-order valence-electron chi connectivity index (χ0n) is 16.3.